The van der Waals surface area contributed by atoms with Gasteiger partial charge in [0.05, 0.1) is 12.5 Å². The van der Waals surface area contributed by atoms with Crippen LogP contribution in [-0.4, -0.2) is 24.9 Å². The number of benzene rings is 1. The molecule has 1 aromatic carbocycles. The minimum atomic E-state index is -0.840. The van der Waals surface area contributed by atoms with Gasteiger partial charge in [0.2, 0.25) is 11.8 Å². The molecule has 1 atom stereocenters. The van der Waals surface area contributed by atoms with E-state index in [0.29, 0.717) is 13.1 Å². The Balaban J connectivity index is 0.00000484. The summed E-state index contributed by atoms with van der Waals surface area (Å²) in [5, 5.41) is 5.19. The maximum absolute atomic E-state index is 13.8. The topological polar surface area (TPSA) is 84.2 Å². The number of carbonyl (C=O) groups is 2. The van der Waals surface area contributed by atoms with E-state index in [0.717, 1.165) is 25.0 Å². The molecular weight excluding hydrogens is 328 g/mol. The van der Waals surface area contributed by atoms with Crippen LogP contribution in [0.5, 0.6) is 0 Å². The Morgan fingerprint density at radius 1 is 1.26 bits per heavy atom. The highest BCUT2D eigenvalue weighted by Gasteiger charge is 2.20. The molecule has 0 bridgehead atoms. The average molecular weight is 350 g/mol. The molecule has 130 valence electrons. The molecule has 0 saturated heterocycles. The van der Waals surface area contributed by atoms with Crippen molar-refractivity contribution in [2.75, 3.05) is 13.1 Å². The molecule has 0 radical (unpaired) electrons. The molecule has 5 nitrogen and oxygen atoms in total. The fraction of sp³-hybridized carbons (Fsp3) is 0.467. The van der Waals surface area contributed by atoms with Gasteiger partial charge >= 0.3 is 0 Å². The van der Waals surface area contributed by atoms with Gasteiger partial charge in [-0.2, -0.15) is 0 Å². The highest BCUT2D eigenvalue weighted by atomic mass is 35.5. The van der Waals surface area contributed by atoms with Gasteiger partial charge < -0.3 is 16.4 Å². The van der Waals surface area contributed by atoms with Crippen LogP contribution in [-0.2, 0) is 9.59 Å². The highest BCUT2D eigenvalue weighted by molar-refractivity contribution is 5.85. The van der Waals surface area contributed by atoms with Crippen molar-refractivity contribution >= 4 is 24.2 Å². The predicted octanol–water partition coefficient (Wildman–Crippen LogP) is 1.81. The number of nitrogens with two attached hydrogens (primary N) is 1. The molecule has 0 spiro atoms. The molecule has 23 heavy (non-hydrogen) atoms. The zero-order chi connectivity index (χ0) is 16.5. The number of amides is 2. The molecule has 0 aliphatic carbocycles. The molecule has 1 rings (SSSR count). The number of rotatable bonds is 8. The molecule has 1 unspecified atom stereocenters. The Hall–Kier alpha value is -1.73. The molecule has 8 heteroatoms. The zero-order valence-electron chi connectivity index (χ0n) is 12.9. The van der Waals surface area contributed by atoms with Crippen LogP contribution < -0.4 is 16.4 Å². The predicted molar refractivity (Wildman–Crippen MR) is 86.1 cm³/mol. The van der Waals surface area contributed by atoms with E-state index in [-0.39, 0.29) is 30.3 Å². The van der Waals surface area contributed by atoms with Gasteiger partial charge in [-0.25, -0.2) is 8.78 Å². The minimum absolute atomic E-state index is 0. The van der Waals surface area contributed by atoms with Crippen molar-refractivity contribution in [1.82, 2.24) is 10.6 Å². The molecule has 1 aromatic rings. The van der Waals surface area contributed by atoms with Crippen LogP contribution in [0.15, 0.2) is 18.2 Å². The van der Waals surface area contributed by atoms with Crippen LogP contribution in [0.1, 0.15) is 37.8 Å². The lowest BCUT2D eigenvalue weighted by atomic mass is 10.0. The normalized spacial score (nSPS) is 11.3. The highest BCUT2D eigenvalue weighted by Crippen LogP contribution is 2.21. The summed E-state index contributed by atoms with van der Waals surface area (Å²) < 4.78 is 26.8. The molecule has 0 aromatic heterocycles. The maximum atomic E-state index is 13.8. The number of unbranched alkanes of at least 4 members (excludes halogenated alkanes) is 1. The third kappa shape index (κ3) is 7.90. The second-order valence-corrected chi connectivity index (χ2v) is 4.97. The van der Waals surface area contributed by atoms with Gasteiger partial charge in [0.15, 0.2) is 0 Å². The summed E-state index contributed by atoms with van der Waals surface area (Å²) >= 11 is 0. The Morgan fingerprint density at radius 2 is 1.96 bits per heavy atom. The van der Waals surface area contributed by atoms with Crippen molar-refractivity contribution in [3.63, 3.8) is 0 Å². The molecular formula is C15H22ClF2N3O2. The van der Waals surface area contributed by atoms with Gasteiger partial charge in [-0.3, -0.25) is 9.59 Å². The van der Waals surface area contributed by atoms with Crippen molar-refractivity contribution in [2.45, 2.75) is 32.2 Å². The van der Waals surface area contributed by atoms with Gasteiger partial charge in [0.25, 0.3) is 0 Å². The summed E-state index contributed by atoms with van der Waals surface area (Å²) in [6.45, 7) is 2.29. The van der Waals surface area contributed by atoms with Crippen LogP contribution in [0, 0.1) is 11.6 Å². The SMILES string of the molecule is CC(=O)NC(CC(=O)NCCCCN)c1ccc(F)cc1F.Cl. The second kappa shape index (κ2) is 10.9. The fourth-order valence-electron chi connectivity index (χ4n) is 2.02. The summed E-state index contributed by atoms with van der Waals surface area (Å²) in [6, 6.07) is 2.20. The van der Waals surface area contributed by atoms with Crippen LogP contribution in [0.3, 0.4) is 0 Å². The molecule has 0 aliphatic heterocycles. The number of nitrogens with one attached hydrogen (secondary N) is 2. The molecule has 4 N–H and O–H groups in total. The van der Waals surface area contributed by atoms with Gasteiger partial charge in [-0.15, -0.1) is 12.4 Å². The standard InChI is InChI=1S/C15H21F2N3O2.ClH/c1-10(21)20-14(9-15(22)19-7-3-2-6-18)12-5-4-11(16)8-13(12)17;/h4-5,8,14H,2-3,6-7,9,18H2,1H3,(H,19,22)(H,20,21);1H. The van der Waals surface area contributed by atoms with Crippen molar-refractivity contribution < 1.29 is 18.4 Å². The van der Waals surface area contributed by atoms with Gasteiger partial charge in [0.1, 0.15) is 11.6 Å². The minimum Gasteiger partial charge on any atom is -0.356 e. The smallest absolute Gasteiger partial charge is 0.222 e. The van der Waals surface area contributed by atoms with Gasteiger partial charge in [-0.05, 0) is 25.5 Å². The monoisotopic (exact) mass is 349 g/mol. The average Bonchev–Trinajstić information content (AvgIpc) is 2.42. The Kier molecular flexibility index (Phi) is 10.1. The van der Waals surface area contributed by atoms with E-state index in [4.69, 9.17) is 5.73 Å². The van der Waals surface area contributed by atoms with Gasteiger partial charge in [0, 0.05) is 25.1 Å². The number of halogens is 3. The first-order valence-electron chi connectivity index (χ1n) is 7.13. The van der Waals surface area contributed by atoms with E-state index in [9.17, 15) is 18.4 Å². The first kappa shape index (κ1) is 21.3. The van der Waals surface area contributed by atoms with Crippen LogP contribution in [0.4, 0.5) is 8.78 Å². The summed E-state index contributed by atoms with van der Waals surface area (Å²) in [6.07, 6.45) is 1.42. The summed E-state index contributed by atoms with van der Waals surface area (Å²) in [5.74, 6) is -2.23. The van der Waals surface area contributed by atoms with E-state index in [1.807, 2.05) is 0 Å². The van der Waals surface area contributed by atoms with Crippen molar-refractivity contribution in [1.29, 1.82) is 0 Å². The van der Waals surface area contributed by atoms with E-state index < -0.39 is 23.6 Å². The maximum Gasteiger partial charge on any atom is 0.222 e. The lowest BCUT2D eigenvalue weighted by Gasteiger charge is -2.18. The molecule has 0 fully saturated rings. The largest absolute Gasteiger partial charge is 0.356 e. The van der Waals surface area contributed by atoms with E-state index >= 15 is 0 Å². The molecule has 0 aliphatic rings. The van der Waals surface area contributed by atoms with Crippen molar-refractivity contribution in [3.05, 3.63) is 35.4 Å². The summed E-state index contributed by atoms with van der Waals surface area (Å²) in [5.41, 5.74) is 5.43. The molecule has 2 amide bonds. The zero-order valence-corrected chi connectivity index (χ0v) is 13.7. The van der Waals surface area contributed by atoms with E-state index in [1.165, 1.54) is 13.0 Å². The lowest BCUT2D eigenvalue weighted by Crippen LogP contribution is -2.33. The van der Waals surface area contributed by atoms with Crippen LogP contribution in [0.25, 0.3) is 0 Å². The summed E-state index contributed by atoms with van der Waals surface area (Å²) in [4.78, 5) is 23.1. The first-order valence-corrected chi connectivity index (χ1v) is 7.13. The Morgan fingerprint density at radius 3 is 2.52 bits per heavy atom. The number of hydrogen-bond acceptors (Lipinski definition) is 3. The van der Waals surface area contributed by atoms with Crippen LogP contribution in [0.2, 0.25) is 0 Å². The number of carbonyl (C=O) groups excluding carboxylic acids is 2. The quantitative estimate of drug-likeness (QED) is 0.626. The third-order valence-corrected chi connectivity index (χ3v) is 3.06. The van der Waals surface area contributed by atoms with Crippen LogP contribution >= 0.6 is 12.4 Å². The Labute approximate surface area is 140 Å². The van der Waals surface area contributed by atoms with Gasteiger partial charge in [-0.1, -0.05) is 6.07 Å². The van der Waals surface area contributed by atoms with E-state index in [1.54, 1.807) is 0 Å². The third-order valence-electron chi connectivity index (χ3n) is 3.06. The summed E-state index contributed by atoms with van der Waals surface area (Å²) in [7, 11) is 0. The molecule has 0 saturated carbocycles. The fourth-order valence-corrected chi connectivity index (χ4v) is 2.02. The Bertz CT molecular complexity index is 529. The second-order valence-electron chi connectivity index (χ2n) is 4.97. The van der Waals surface area contributed by atoms with Crippen molar-refractivity contribution in [2.24, 2.45) is 5.73 Å². The van der Waals surface area contributed by atoms with E-state index in [2.05, 4.69) is 10.6 Å². The van der Waals surface area contributed by atoms with Crippen molar-refractivity contribution in [3.8, 4) is 0 Å². The molecule has 0 heterocycles. The lowest BCUT2D eigenvalue weighted by molar-refractivity contribution is -0.122. The first-order chi connectivity index (χ1) is 10.4. The number of hydrogen-bond donors (Lipinski definition) is 3.